The van der Waals surface area contributed by atoms with Gasteiger partial charge in [0.15, 0.2) is 0 Å². The molecular weight excluding hydrogens is 124 g/mol. The van der Waals surface area contributed by atoms with E-state index in [2.05, 4.69) is 18.5 Å². The number of rotatable bonds is 4. The summed E-state index contributed by atoms with van der Waals surface area (Å²) in [4.78, 5) is 0. The highest BCUT2D eigenvalue weighted by Crippen LogP contribution is 1.96. The molecule has 2 heteroatoms. The molecule has 0 aromatic rings. The van der Waals surface area contributed by atoms with E-state index < -0.39 is 0 Å². The smallest absolute Gasteiger partial charge is 0.0620 e. The van der Waals surface area contributed by atoms with E-state index in [-0.39, 0.29) is 6.04 Å². The molecule has 0 saturated heterocycles. The molecule has 0 aliphatic carbocycles. The Kier molecular flexibility index (Phi) is 3.62. The average molecular weight is 140 g/mol. The highest BCUT2D eigenvalue weighted by atomic mass is 14.9. The Hall–Kier alpha value is -0.920. The van der Waals surface area contributed by atoms with Crippen molar-refractivity contribution in [1.82, 2.24) is 5.32 Å². The summed E-state index contributed by atoms with van der Waals surface area (Å²) in [6.07, 6.45) is 0.928. The second-order valence-corrected chi connectivity index (χ2v) is 2.40. The zero-order valence-electron chi connectivity index (χ0n) is 6.78. The predicted molar refractivity (Wildman–Crippen MR) is 45.4 cm³/mol. The molecule has 2 nitrogen and oxygen atoms in total. The zero-order valence-corrected chi connectivity index (χ0v) is 6.78. The standard InChI is InChI=1S/C8H16N2/c1-5-6(2)10-8(4)7(3)9/h8,10H,2-3,5,9H2,1,4H3. The molecule has 0 aliphatic rings. The van der Waals surface area contributed by atoms with Gasteiger partial charge in [-0.3, -0.25) is 0 Å². The number of nitrogens with one attached hydrogen (secondary N) is 1. The van der Waals surface area contributed by atoms with Crippen LogP contribution in [0.2, 0.25) is 0 Å². The molecule has 0 aromatic heterocycles. The fraction of sp³-hybridized carbons (Fsp3) is 0.500. The first-order valence-electron chi connectivity index (χ1n) is 3.46. The van der Waals surface area contributed by atoms with Crippen molar-refractivity contribution in [2.45, 2.75) is 26.3 Å². The van der Waals surface area contributed by atoms with Gasteiger partial charge >= 0.3 is 0 Å². The summed E-state index contributed by atoms with van der Waals surface area (Å²) in [5.41, 5.74) is 7.09. The van der Waals surface area contributed by atoms with Crippen LogP contribution in [0, 0.1) is 0 Å². The van der Waals surface area contributed by atoms with Crippen molar-refractivity contribution < 1.29 is 0 Å². The first-order valence-corrected chi connectivity index (χ1v) is 3.46. The van der Waals surface area contributed by atoms with Crippen LogP contribution < -0.4 is 11.1 Å². The highest BCUT2D eigenvalue weighted by Gasteiger charge is 2.00. The maximum Gasteiger partial charge on any atom is 0.0620 e. The van der Waals surface area contributed by atoms with Crippen molar-refractivity contribution in [2.24, 2.45) is 5.73 Å². The molecule has 0 radical (unpaired) electrons. The van der Waals surface area contributed by atoms with Gasteiger partial charge in [-0.15, -0.1) is 0 Å². The molecule has 3 N–H and O–H groups in total. The molecular formula is C8H16N2. The lowest BCUT2D eigenvalue weighted by atomic mass is 10.2. The van der Waals surface area contributed by atoms with Crippen molar-refractivity contribution in [3.05, 3.63) is 24.6 Å². The molecule has 0 saturated carbocycles. The van der Waals surface area contributed by atoms with Gasteiger partial charge in [0.2, 0.25) is 0 Å². The van der Waals surface area contributed by atoms with E-state index in [0.717, 1.165) is 12.1 Å². The lowest BCUT2D eigenvalue weighted by Gasteiger charge is -2.15. The van der Waals surface area contributed by atoms with Gasteiger partial charge in [0, 0.05) is 11.4 Å². The third-order valence-corrected chi connectivity index (χ3v) is 1.40. The summed E-state index contributed by atoms with van der Waals surface area (Å²) < 4.78 is 0. The van der Waals surface area contributed by atoms with E-state index in [1.165, 1.54) is 0 Å². The Labute approximate surface area is 62.8 Å². The van der Waals surface area contributed by atoms with Crippen LogP contribution in [0.5, 0.6) is 0 Å². The Balaban J connectivity index is 3.68. The van der Waals surface area contributed by atoms with Crippen molar-refractivity contribution in [3.8, 4) is 0 Å². The maximum absolute atomic E-state index is 5.44. The number of hydrogen-bond acceptors (Lipinski definition) is 2. The van der Waals surface area contributed by atoms with Crippen LogP contribution >= 0.6 is 0 Å². The second kappa shape index (κ2) is 3.99. The predicted octanol–water partition coefficient (Wildman–Crippen LogP) is 1.36. The van der Waals surface area contributed by atoms with Crippen LogP contribution in [0.25, 0.3) is 0 Å². The van der Waals surface area contributed by atoms with E-state index >= 15 is 0 Å². The van der Waals surface area contributed by atoms with E-state index in [9.17, 15) is 0 Å². The Morgan fingerprint density at radius 1 is 1.60 bits per heavy atom. The van der Waals surface area contributed by atoms with Gasteiger partial charge in [-0.1, -0.05) is 20.1 Å². The Bertz CT molecular complexity index is 138. The second-order valence-electron chi connectivity index (χ2n) is 2.40. The molecule has 58 valence electrons. The normalized spacial score (nSPS) is 12.2. The summed E-state index contributed by atoms with van der Waals surface area (Å²) in [7, 11) is 0. The molecule has 1 unspecified atom stereocenters. The van der Waals surface area contributed by atoms with Gasteiger partial charge in [0.25, 0.3) is 0 Å². The number of nitrogens with two attached hydrogens (primary N) is 1. The van der Waals surface area contributed by atoms with E-state index in [1.807, 2.05) is 13.8 Å². The summed E-state index contributed by atoms with van der Waals surface area (Å²) in [6.45, 7) is 11.4. The molecule has 10 heavy (non-hydrogen) atoms. The number of allylic oxidation sites excluding steroid dienone is 1. The summed E-state index contributed by atoms with van der Waals surface area (Å²) in [5.74, 6) is 0. The molecule has 0 bridgehead atoms. The van der Waals surface area contributed by atoms with Crippen LogP contribution in [-0.2, 0) is 0 Å². The lowest BCUT2D eigenvalue weighted by Crippen LogP contribution is -2.29. The molecule has 0 fully saturated rings. The van der Waals surface area contributed by atoms with Crippen LogP contribution in [0.4, 0.5) is 0 Å². The van der Waals surface area contributed by atoms with Gasteiger partial charge in [-0.05, 0) is 13.3 Å². The SMILES string of the molecule is C=C(CC)NC(C)C(=C)N. The fourth-order valence-corrected chi connectivity index (χ4v) is 0.501. The molecule has 0 aliphatic heterocycles. The first kappa shape index (κ1) is 9.08. The van der Waals surface area contributed by atoms with E-state index in [0.29, 0.717) is 5.70 Å². The zero-order chi connectivity index (χ0) is 8.15. The summed E-state index contributed by atoms with van der Waals surface area (Å²) >= 11 is 0. The quantitative estimate of drug-likeness (QED) is 0.618. The fourth-order valence-electron chi connectivity index (χ4n) is 0.501. The molecule has 0 amide bonds. The minimum atomic E-state index is 0.132. The van der Waals surface area contributed by atoms with Gasteiger partial charge in [-0.2, -0.15) is 0 Å². The summed E-state index contributed by atoms with van der Waals surface area (Å²) in [6, 6.07) is 0.132. The maximum atomic E-state index is 5.44. The van der Waals surface area contributed by atoms with E-state index in [4.69, 9.17) is 5.73 Å². The molecule has 1 atom stereocenters. The number of hydrogen-bond donors (Lipinski definition) is 2. The third kappa shape index (κ3) is 3.17. The van der Waals surface area contributed by atoms with Gasteiger partial charge in [0.05, 0.1) is 6.04 Å². The minimum absolute atomic E-state index is 0.132. The van der Waals surface area contributed by atoms with Gasteiger partial charge < -0.3 is 11.1 Å². The molecule has 0 spiro atoms. The van der Waals surface area contributed by atoms with Crippen molar-refractivity contribution in [3.63, 3.8) is 0 Å². The minimum Gasteiger partial charge on any atom is -0.401 e. The van der Waals surface area contributed by atoms with Crippen molar-refractivity contribution in [1.29, 1.82) is 0 Å². The van der Waals surface area contributed by atoms with Crippen molar-refractivity contribution in [2.75, 3.05) is 0 Å². The van der Waals surface area contributed by atoms with Gasteiger partial charge in [-0.25, -0.2) is 0 Å². The largest absolute Gasteiger partial charge is 0.401 e. The van der Waals surface area contributed by atoms with Gasteiger partial charge in [0.1, 0.15) is 0 Å². The third-order valence-electron chi connectivity index (χ3n) is 1.40. The van der Waals surface area contributed by atoms with Crippen LogP contribution in [-0.4, -0.2) is 6.04 Å². The van der Waals surface area contributed by atoms with Crippen LogP contribution in [0.1, 0.15) is 20.3 Å². The monoisotopic (exact) mass is 140 g/mol. The van der Waals surface area contributed by atoms with Crippen molar-refractivity contribution >= 4 is 0 Å². The highest BCUT2D eigenvalue weighted by molar-refractivity contribution is 5.03. The molecule has 0 rings (SSSR count). The topological polar surface area (TPSA) is 38.0 Å². The first-order chi connectivity index (χ1) is 4.57. The van der Waals surface area contributed by atoms with Crippen LogP contribution in [0.3, 0.4) is 0 Å². The van der Waals surface area contributed by atoms with Crippen LogP contribution in [0.15, 0.2) is 24.6 Å². The Morgan fingerprint density at radius 3 is 2.40 bits per heavy atom. The molecule has 0 heterocycles. The summed E-state index contributed by atoms with van der Waals surface area (Å²) in [5, 5.41) is 3.11. The average Bonchev–Trinajstić information content (AvgIpc) is 1.87. The Morgan fingerprint density at radius 2 is 2.10 bits per heavy atom. The van der Waals surface area contributed by atoms with E-state index in [1.54, 1.807) is 0 Å². The lowest BCUT2D eigenvalue weighted by molar-refractivity contribution is 0.671. The molecule has 0 aromatic carbocycles.